The van der Waals surface area contributed by atoms with E-state index in [1.54, 1.807) is 31.2 Å². The molecule has 106 valence electrons. The molecule has 2 aromatic carbocycles. The van der Waals surface area contributed by atoms with Crippen molar-refractivity contribution in [2.24, 2.45) is 0 Å². The summed E-state index contributed by atoms with van der Waals surface area (Å²) in [5.74, 6) is 0.209. The number of aliphatic hydroxyl groups excluding tert-OH is 1. The van der Waals surface area contributed by atoms with E-state index < -0.39 is 11.9 Å². The van der Waals surface area contributed by atoms with Gasteiger partial charge in [-0.1, -0.05) is 29.8 Å². The summed E-state index contributed by atoms with van der Waals surface area (Å²) in [6.07, 6.45) is -0.520. The first-order valence-corrected chi connectivity index (χ1v) is 6.71. The number of aryl methyl sites for hydroxylation is 1. The van der Waals surface area contributed by atoms with E-state index in [0.717, 1.165) is 11.1 Å². The fraction of sp³-hybridized carbons (Fsp3) is 0.250. The second kappa shape index (κ2) is 6.25. The Bertz CT molecular complexity index is 611. The minimum Gasteiger partial charge on any atom is -0.489 e. The molecule has 0 amide bonds. The van der Waals surface area contributed by atoms with Crippen LogP contribution in [0, 0.1) is 12.7 Å². The molecule has 0 saturated carbocycles. The van der Waals surface area contributed by atoms with E-state index in [-0.39, 0.29) is 11.6 Å². The smallest absolute Gasteiger partial charge is 0.148 e. The summed E-state index contributed by atoms with van der Waals surface area (Å²) in [6.45, 7) is 3.70. The number of halogens is 2. The minimum atomic E-state index is -0.520. The molecule has 0 bridgehead atoms. The van der Waals surface area contributed by atoms with Crippen LogP contribution in [0.4, 0.5) is 4.39 Å². The lowest BCUT2D eigenvalue weighted by Gasteiger charge is -2.12. The molecule has 0 heterocycles. The van der Waals surface area contributed by atoms with E-state index in [4.69, 9.17) is 16.3 Å². The van der Waals surface area contributed by atoms with Gasteiger partial charge in [0, 0.05) is 5.56 Å². The number of rotatable bonds is 4. The van der Waals surface area contributed by atoms with Crippen molar-refractivity contribution in [1.82, 2.24) is 0 Å². The van der Waals surface area contributed by atoms with E-state index in [9.17, 15) is 9.50 Å². The average Bonchev–Trinajstić information content (AvgIpc) is 2.41. The Labute approximate surface area is 122 Å². The lowest BCUT2D eigenvalue weighted by molar-refractivity contribution is 0.199. The maximum Gasteiger partial charge on any atom is 0.148 e. The van der Waals surface area contributed by atoms with Crippen LogP contribution in [-0.4, -0.2) is 5.11 Å². The summed E-state index contributed by atoms with van der Waals surface area (Å²) >= 11 is 5.72. The van der Waals surface area contributed by atoms with Gasteiger partial charge in [0.25, 0.3) is 0 Å². The van der Waals surface area contributed by atoms with Crippen LogP contribution in [0.15, 0.2) is 36.4 Å². The van der Waals surface area contributed by atoms with Gasteiger partial charge in [0.2, 0.25) is 0 Å². The highest BCUT2D eigenvalue weighted by molar-refractivity contribution is 6.30. The maximum atomic E-state index is 13.7. The molecule has 0 aliphatic carbocycles. The minimum absolute atomic E-state index is 0.0901. The molecule has 20 heavy (non-hydrogen) atoms. The van der Waals surface area contributed by atoms with Crippen LogP contribution in [0.25, 0.3) is 0 Å². The van der Waals surface area contributed by atoms with Crippen LogP contribution in [-0.2, 0) is 6.61 Å². The molecule has 2 nitrogen and oxygen atoms in total. The predicted molar refractivity (Wildman–Crippen MR) is 77.6 cm³/mol. The molecule has 2 aromatic rings. The highest BCUT2D eigenvalue weighted by atomic mass is 35.5. The molecule has 2 rings (SSSR count). The topological polar surface area (TPSA) is 29.5 Å². The lowest BCUT2D eigenvalue weighted by atomic mass is 10.1. The Balaban J connectivity index is 2.13. The zero-order chi connectivity index (χ0) is 14.7. The van der Waals surface area contributed by atoms with E-state index >= 15 is 0 Å². The second-order valence-corrected chi connectivity index (χ2v) is 5.11. The third-order valence-corrected chi connectivity index (χ3v) is 3.39. The molecule has 0 aromatic heterocycles. The molecular formula is C16H16ClFO2. The van der Waals surface area contributed by atoms with Gasteiger partial charge in [0.15, 0.2) is 0 Å². The zero-order valence-corrected chi connectivity index (χ0v) is 12.1. The Morgan fingerprint density at radius 1 is 1.30 bits per heavy atom. The third-order valence-electron chi connectivity index (χ3n) is 3.10. The van der Waals surface area contributed by atoms with Crippen LogP contribution >= 0.6 is 11.6 Å². The van der Waals surface area contributed by atoms with Crippen molar-refractivity contribution >= 4 is 11.6 Å². The van der Waals surface area contributed by atoms with E-state index in [0.29, 0.717) is 11.3 Å². The van der Waals surface area contributed by atoms with Gasteiger partial charge in [0.05, 0.1) is 11.1 Å². The fourth-order valence-electron chi connectivity index (χ4n) is 1.91. The highest BCUT2D eigenvalue weighted by Crippen LogP contribution is 2.25. The van der Waals surface area contributed by atoms with Crippen molar-refractivity contribution in [3.63, 3.8) is 0 Å². The van der Waals surface area contributed by atoms with Gasteiger partial charge in [-0.3, -0.25) is 0 Å². The van der Waals surface area contributed by atoms with Crippen molar-refractivity contribution in [1.29, 1.82) is 0 Å². The first-order chi connectivity index (χ1) is 9.49. The first-order valence-electron chi connectivity index (χ1n) is 6.33. The SMILES string of the molecule is Cc1cc([C@H](C)O)ccc1OCc1cccc(Cl)c1F. The molecule has 0 unspecified atom stereocenters. The summed E-state index contributed by atoms with van der Waals surface area (Å²) in [4.78, 5) is 0. The summed E-state index contributed by atoms with van der Waals surface area (Å²) in [5.41, 5.74) is 2.13. The van der Waals surface area contributed by atoms with Gasteiger partial charge >= 0.3 is 0 Å². The number of ether oxygens (including phenoxy) is 1. The van der Waals surface area contributed by atoms with E-state index in [1.807, 2.05) is 13.0 Å². The van der Waals surface area contributed by atoms with Crippen LogP contribution < -0.4 is 4.74 Å². The van der Waals surface area contributed by atoms with Crippen molar-refractivity contribution < 1.29 is 14.2 Å². The van der Waals surface area contributed by atoms with Crippen LogP contribution in [0.3, 0.4) is 0 Å². The first kappa shape index (κ1) is 14.8. The Morgan fingerprint density at radius 2 is 2.05 bits per heavy atom. The Kier molecular flexibility index (Phi) is 4.63. The van der Waals surface area contributed by atoms with Crippen LogP contribution in [0.2, 0.25) is 5.02 Å². The van der Waals surface area contributed by atoms with Crippen molar-refractivity contribution in [3.05, 3.63) is 63.9 Å². The van der Waals surface area contributed by atoms with Crippen LogP contribution in [0.5, 0.6) is 5.75 Å². The lowest BCUT2D eigenvalue weighted by Crippen LogP contribution is -2.01. The molecule has 0 radical (unpaired) electrons. The van der Waals surface area contributed by atoms with Gasteiger partial charge in [0.1, 0.15) is 18.2 Å². The van der Waals surface area contributed by atoms with Gasteiger partial charge in [-0.2, -0.15) is 0 Å². The van der Waals surface area contributed by atoms with Crippen molar-refractivity contribution in [2.45, 2.75) is 26.6 Å². The van der Waals surface area contributed by atoms with Gasteiger partial charge in [-0.05, 0) is 43.2 Å². The van der Waals surface area contributed by atoms with E-state index in [2.05, 4.69) is 0 Å². The van der Waals surface area contributed by atoms with Crippen molar-refractivity contribution in [2.75, 3.05) is 0 Å². The third kappa shape index (κ3) is 3.30. The Hall–Kier alpha value is -1.58. The fourth-order valence-corrected chi connectivity index (χ4v) is 2.10. The molecule has 0 fully saturated rings. The largest absolute Gasteiger partial charge is 0.489 e. The summed E-state index contributed by atoms with van der Waals surface area (Å²) < 4.78 is 19.3. The van der Waals surface area contributed by atoms with Gasteiger partial charge < -0.3 is 9.84 Å². The second-order valence-electron chi connectivity index (χ2n) is 4.70. The highest BCUT2D eigenvalue weighted by Gasteiger charge is 2.09. The molecule has 0 saturated heterocycles. The zero-order valence-electron chi connectivity index (χ0n) is 11.4. The predicted octanol–water partition coefficient (Wildman–Crippen LogP) is 4.42. The van der Waals surface area contributed by atoms with Crippen LogP contribution in [0.1, 0.15) is 29.7 Å². The summed E-state index contributed by atoms with van der Waals surface area (Å²) in [7, 11) is 0. The van der Waals surface area contributed by atoms with Gasteiger partial charge in [-0.15, -0.1) is 0 Å². The standard InChI is InChI=1S/C16H16ClFO2/c1-10-8-12(11(2)19)6-7-15(10)20-9-13-4-3-5-14(17)16(13)18/h3-8,11,19H,9H2,1-2H3/t11-/m0/s1. The quantitative estimate of drug-likeness (QED) is 0.904. The Morgan fingerprint density at radius 3 is 2.70 bits per heavy atom. The molecule has 0 spiro atoms. The number of benzene rings is 2. The van der Waals surface area contributed by atoms with Gasteiger partial charge in [-0.25, -0.2) is 4.39 Å². The number of aliphatic hydroxyl groups is 1. The summed E-state index contributed by atoms with van der Waals surface area (Å²) in [6, 6.07) is 10.3. The average molecular weight is 295 g/mol. The molecular weight excluding hydrogens is 279 g/mol. The monoisotopic (exact) mass is 294 g/mol. The van der Waals surface area contributed by atoms with E-state index in [1.165, 1.54) is 6.07 Å². The molecule has 4 heteroatoms. The molecule has 0 aliphatic rings. The molecule has 0 aliphatic heterocycles. The number of hydrogen-bond donors (Lipinski definition) is 1. The normalized spacial score (nSPS) is 12.2. The maximum absolute atomic E-state index is 13.7. The molecule has 1 N–H and O–H groups in total. The number of hydrogen-bond acceptors (Lipinski definition) is 2. The molecule has 1 atom stereocenters. The van der Waals surface area contributed by atoms with Crippen molar-refractivity contribution in [3.8, 4) is 5.75 Å². The summed E-state index contributed by atoms with van der Waals surface area (Å²) in [5, 5.41) is 9.60.